The third-order valence-electron chi connectivity index (χ3n) is 4.52. The van der Waals surface area contributed by atoms with E-state index in [9.17, 15) is 14.5 Å². The molecule has 2 heterocycles. The maximum Gasteiger partial charge on any atom is 0.274 e. The highest BCUT2D eigenvalue weighted by Crippen LogP contribution is 2.34. The molecule has 0 fully saturated rings. The predicted octanol–water partition coefficient (Wildman–Crippen LogP) is 4.43. The molecule has 0 aliphatic heterocycles. The molecule has 0 radical (unpaired) electrons. The number of non-ortho nitro benzene ring substituents is 1. The molecule has 29 heavy (non-hydrogen) atoms. The van der Waals surface area contributed by atoms with Crippen molar-refractivity contribution in [3.8, 4) is 17.0 Å². The summed E-state index contributed by atoms with van der Waals surface area (Å²) in [4.78, 5) is 19.0. The van der Waals surface area contributed by atoms with Gasteiger partial charge in [0.25, 0.3) is 5.69 Å². The Morgan fingerprint density at radius 1 is 1.24 bits per heavy atom. The van der Waals surface area contributed by atoms with Gasteiger partial charge in [-0.2, -0.15) is 0 Å². The molecule has 0 aliphatic carbocycles. The minimum atomic E-state index is -0.852. The summed E-state index contributed by atoms with van der Waals surface area (Å²) in [5.41, 5.74) is 2.28. The number of para-hydroxylation sites is 1. The van der Waals surface area contributed by atoms with E-state index in [4.69, 9.17) is 4.74 Å². The number of nitro benzene ring substituents is 1. The summed E-state index contributed by atoms with van der Waals surface area (Å²) in [6.07, 6.45) is 3.52. The number of nitro groups is 1. The maximum atomic E-state index is 14.2. The van der Waals surface area contributed by atoms with E-state index in [0.29, 0.717) is 5.69 Å². The Kier molecular flexibility index (Phi) is 4.55. The zero-order valence-electron chi connectivity index (χ0n) is 15.6. The molecule has 0 atom stereocenters. The normalized spacial score (nSPS) is 10.9. The number of fused-ring (bicyclic) bond motifs is 1. The Balaban J connectivity index is 1.76. The van der Waals surface area contributed by atoms with E-state index < -0.39 is 16.4 Å². The van der Waals surface area contributed by atoms with Crippen LogP contribution in [-0.4, -0.2) is 26.6 Å². The van der Waals surface area contributed by atoms with Crippen LogP contribution in [-0.2, 0) is 7.05 Å². The van der Waals surface area contributed by atoms with Crippen LogP contribution in [0.15, 0.2) is 54.9 Å². The highest BCUT2D eigenvalue weighted by atomic mass is 19.1. The Labute approximate surface area is 164 Å². The highest BCUT2D eigenvalue weighted by Gasteiger charge is 2.19. The smallest absolute Gasteiger partial charge is 0.274 e. The summed E-state index contributed by atoms with van der Waals surface area (Å²) in [6, 6.07) is 11.7. The summed E-state index contributed by atoms with van der Waals surface area (Å²) < 4.78 is 21.2. The number of hydrogen-bond donors (Lipinski definition) is 1. The van der Waals surface area contributed by atoms with E-state index in [-0.39, 0.29) is 17.4 Å². The monoisotopic (exact) mass is 393 g/mol. The molecule has 8 nitrogen and oxygen atoms in total. The molecule has 2 aromatic carbocycles. The topological polar surface area (TPSA) is 95.1 Å². The fourth-order valence-corrected chi connectivity index (χ4v) is 3.22. The van der Waals surface area contributed by atoms with Gasteiger partial charge in [0.1, 0.15) is 0 Å². The zero-order valence-corrected chi connectivity index (χ0v) is 15.6. The van der Waals surface area contributed by atoms with Crippen LogP contribution in [0.4, 0.5) is 21.7 Å². The molecule has 4 rings (SSSR count). The average Bonchev–Trinajstić information content (AvgIpc) is 3.05. The fourth-order valence-electron chi connectivity index (χ4n) is 3.22. The first kappa shape index (κ1) is 18.4. The number of aromatic nitrogens is 3. The highest BCUT2D eigenvalue weighted by molar-refractivity contribution is 5.95. The van der Waals surface area contributed by atoms with E-state index in [1.807, 2.05) is 42.1 Å². The molecule has 0 aliphatic rings. The van der Waals surface area contributed by atoms with Crippen molar-refractivity contribution in [2.45, 2.75) is 0 Å². The molecular formula is C20H16FN5O3. The Bertz CT molecular complexity index is 1240. The van der Waals surface area contributed by atoms with Crippen molar-refractivity contribution >= 4 is 28.2 Å². The fraction of sp³-hybridized carbons (Fsp3) is 0.100. The predicted molar refractivity (Wildman–Crippen MR) is 107 cm³/mol. The van der Waals surface area contributed by atoms with Crippen molar-refractivity contribution in [3.05, 3.63) is 70.8 Å². The number of aryl methyl sites for hydroxylation is 1. The third-order valence-corrected chi connectivity index (χ3v) is 4.52. The van der Waals surface area contributed by atoms with Gasteiger partial charge in [-0.3, -0.25) is 10.1 Å². The lowest BCUT2D eigenvalue weighted by Gasteiger charge is -2.11. The molecule has 0 bridgehead atoms. The number of ether oxygens (including phenoxy) is 1. The van der Waals surface area contributed by atoms with E-state index in [2.05, 4.69) is 15.3 Å². The third kappa shape index (κ3) is 3.33. The van der Waals surface area contributed by atoms with Gasteiger partial charge in [0.05, 0.1) is 29.5 Å². The van der Waals surface area contributed by atoms with Gasteiger partial charge in [-0.1, -0.05) is 18.2 Å². The number of benzene rings is 2. The van der Waals surface area contributed by atoms with Gasteiger partial charge in [0.2, 0.25) is 5.95 Å². The lowest BCUT2D eigenvalue weighted by atomic mass is 10.1. The van der Waals surface area contributed by atoms with Crippen LogP contribution < -0.4 is 10.1 Å². The Hall–Kier alpha value is -4.01. The van der Waals surface area contributed by atoms with E-state index >= 15 is 0 Å². The Morgan fingerprint density at radius 3 is 2.79 bits per heavy atom. The van der Waals surface area contributed by atoms with Gasteiger partial charge in [0.15, 0.2) is 11.6 Å². The van der Waals surface area contributed by atoms with Crippen LogP contribution in [0.2, 0.25) is 0 Å². The maximum absolute atomic E-state index is 14.2. The number of nitrogens with one attached hydrogen (secondary N) is 1. The zero-order chi connectivity index (χ0) is 20.5. The average molecular weight is 393 g/mol. The van der Waals surface area contributed by atoms with Crippen molar-refractivity contribution in [1.82, 2.24) is 14.5 Å². The van der Waals surface area contributed by atoms with Crippen LogP contribution in [0, 0.1) is 15.9 Å². The van der Waals surface area contributed by atoms with Crippen LogP contribution in [0.5, 0.6) is 5.75 Å². The molecule has 0 spiro atoms. The first-order chi connectivity index (χ1) is 14.0. The van der Waals surface area contributed by atoms with Crippen molar-refractivity contribution in [1.29, 1.82) is 0 Å². The van der Waals surface area contributed by atoms with Crippen LogP contribution in [0.1, 0.15) is 0 Å². The van der Waals surface area contributed by atoms with Crippen LogP contribution in [0.25, 0.3) is 22.2 Å². The van der Waals surface area contributed by atoms with Gasteiger partial charge in [-0.15, -0.1) is 0 Å². The lowest BCUT2D eigenvalue weighted by Crippen LogP contribution is -2.02. The molecule has 0 saturated heterocycles. The molecule has 0 amide bonds. The van der Waals surface area contributed by atoms with Crippen molar-refractivity contribution in [2.24, 2.45) is 7.05 Å². The largest absolute Gasteiger partial charge is 0.492 e. The molecule has 2 aromatic heterocycles. The van der Waals surface area contributed by atoms with Gasteiger partial charge in [-0.05, 0) is 12.1 Å². The quantitative estimate of drug-likeness (QED) is 0.398. The van der Waals surface area contributed by atoms with Crippen LogP contribution in [0.3, 0.4) is 0 Å². The number of hydrogen-bond acceptors (Lipinski definition) is 6. The Morgan fingerprint density at radius 2 is 2.03 bits per heavy atom. The molecule has 146 valence electrons. The van der Waals surface area contributed by atoms with Crippen molar-refractivity contribution in [3.63, 3.8) is 0 Å². The summed E-state index contributed by atoms with van der Waals surface area (Å²) in [7, 11) is 3.23. The number of halogens is 1. The van der Waals surface area contributed by atoms with E-state index in [1.54, 1.807) is 12.3 Å². The minimum absolute atomic E-state index is 0.0641. The summed E-state index contributed by atoms with van der Waals surface area (Å²) in [6.45, 7) is 0. The first-order valence-electron chi connectivity index (χ1n) is 8.64. The molecular weight excluding hydrogens is 377 g/mol. The lowest BCUT2D eigenvalue weighted by molar-refractivity contribution is -0.385. The molecule has 4 aromatic rings. The van der Waals surface area contributed by atoms with Crippen LogP contribution >= 0.6 is 0 Å². The molecule has 0 saturated carbocycles. The first-order valence-corrected chi connectivity index (χ1v) is 8.64. The second-order valence-corrected chi connectivity index (χ2v) is 6.33. The van der Waals surface area contributed by atoms with Gasteiger partial charge in [-0.25, -0.2) is 14.4 Å². The SMILES string of the molecule is COc1c(F)cc([N+](=O)[O-])cc1Nc1nccc(-c2cn(C)c3ccccc23)n1. The number of rotatable bonds is 5. The van der Waals surface area contributed by atoms with Gasteiger partial charge >= 0.3 is 0 Å². The summed E-state index contributed by atoms with van der Waals surface area (Å²) >= 11 is 0. The molecule has 0 unspecified atom stereocenters. The molecule has 1 N–H and O–H groups in total. The number of nitrogens with zero attached hydrogens (tertiary/aromatic N) is 4. The van der Waals surface area contributed by atoms with Gasteiger partial charge < -0.3 is 14.6 Å². The number of methoxy groups -OCH3 is 1. The summed E-state index contributed by atoms with van der Waals surface area (Å²) in [5.74, 6) is -0.849. The van der Waals surface area contributed by atoms with Crippen molar-refractivity contribution < 1.29 is 14.1 Å². The van der Waals surface area contributed by atoms with E-state index in [1.165, 1.54) is 13.2 Å². The molecule has 9 heteroatoms. The second-order valence-electron chi connectivity index (χ2n) is 6.33. The second kappa shape index (κ2) is 7.19. The number of anilines is 2. The van der Waals surface area contributed by atoms with Crippen molar-refractivity contribution in [2.75, 3.05) is 12.4 Å². The summed E-state index contributed by atoms with van der Waals surface area (Å²) in [5, 5.41) is 14.9. The van der Waals surface area contributed by atoms with Gasteiger partial charge in [0, 0.05) is 42.0 Å². The minimum Gasteiger partial charge on any atom is -0.492 e. The van der Waals surface area contributed by atoms with E-state index in [0.717, 1.165) is 22.5 Å². The standard InChI is InChI=1S/C20H16FN5O3/c1-25-11-14(13-5-3-4-6-18(13)25)16-7-8-22-20(23-16)24-17-10-12(26(27)28)9-15(21)19(17)29-2/h3-11H,1-2H3,(H,22,23,24).